The maximum atomic E-state index is 14.1. The van der Waals surface area contributed by atoms with E-state index in [4.69, 9.17) is 33.7 Å². The van der Waals surface area contributed by atoms with Crippen LogP contribution in [-0.2, 0) is 24.5 Å². The van der Waals surface area contributed by atoms with Crippen LogP contribution in [0.3, 0.4) is 0 Å². The van der Waals surface area contributed by atoms with Crippen LogP contribution in [0.5, 0.6) is 0 Å². The summed E-state index contributed by atoms with van der Waals surface area (Å²) in [5.41, 5.74) is 7.69. The van der Waals surface area contributed by atoms with Gasteiger partial charge in [-0.1, -0.05) is 54.7 Å². The smallest absolute Gasteiger partial charge is 0.339 e. The Morgan fingerprint density at radius 1 is 1.11 bits per heavy atom. The lowest BCUT2D eigenvalue weighted by molar-refractivity contribution is -0.140. The van der Waals surface area contributed by atoms with Crippen LogP contribution in [0.4, 0.5) is 11.4 Å². The van der Waals surface area contributed by atoms with Crippen LogP contribution in [0, 0.1) is 12.3 Å². The minimum absolute atomic E-state index is 0.00876. The molecule has 0 saturated carbocycles. The number of allylic oxidation sites excluding steroid dienone is 1. The highest BCUT2D eigenvalue weighted by atomic mass is 35.5. The molecule has 192 valence electrons. The maximum absolute atomic E-state index is 14.1. The summed E-state index contributed by atoms with van der Waals surface area (Å²) < 4.78 is 5.45. The number of halogens is 2. The van der Waals surface area contributed by atoms with Crippen molar-refractivity contribution in [3.63, 3.8) is 0 Å². The monoisotopic (exact) mass is 539 g/mol. The first-order chi connectivity index (χ1) is 17.4. The molecule has 1 unspecified atom stereocenters. The minimum Gasteiger partial charge on any atom is -0.462 e. The van der Waals surface area contributed by atoms with E-state index in [-0.39, 0.29) is 35.8 Å². The molecule has 2 heterocycles. The fourth-order valence-electron chi connectivity index (χ4n) is 5.82. The number of carbonyl (C=O) groups is 3. The second-order valence-electron chi connectivity index (χ2n) is 10.5. The molecular weight excluding hydrogens is 513 g/mol. The summed E-state index contributed by atoms with van der Waals surface area (Å²) in [5, 5.41) is 3.61. The molecule has 1 spiro atoms. The number of anilines is 2. The summed E-state index contributed by atoms with van der Waals surface area (Å²) in [7, 11) is 0. The molecule has 2 aliphatic heterocycles. The Labute approximate surface area is 225 Å². The van der Waals surface area contributed by atoms with E-state index in [9.17, 15) is 14.4 Å². The number of ether oxygens (including phenoxy) is 1. The van der Waals surface area contributed by atoms with Gasteiger partial charge in [-0.15, -0.1) is 0 Å². The van der Waals surface area contributed by atoms with Crippen LogP contribution in [0.15, 0.2) is 59.1 Å². The lowest BCUT2D eigenvalue weighted by Crippen LogP contribution is -2.54. The van der Waals surface area contributed by atoms with Gasteiger partial charge in [0.1, 0.15) is 16.8 Å². The molecule has 3 N–H and O–H groups in total. The fourth-order valence-corrected chi connectivity index (χ4v) is 6.33. The molecule has 0 fully saturated rings. The zero-order valence-electron chi connectivity index (χ0n) is 21.0. The van der Waals surface area contributed by atoms with E-state index in [2.05, 4.69) is 5.32 Å². The number of hydrogen-bond acceptors (Lipinski definition) is 6. The topological polar surface area (TPSA) is 102 Å². The van der Waals surface area contributed by atoms with Crippen LogP contribution < -0.4 is 16.0 Å². The van der Waals surface area contributed by atoms with Crippen molar-refractivity contribution < 1.29 is 19.1 Å². The summed E-state index contributed by atoms with van der Waals surface area (Å²) >= 11 is 12.7. The number of nitrogens with zero attached hydrogens (tertiary/aromatic N) is 1. The molecule has 9 heteroatoms. The number of benzene rings is 2. The van der Waals surface area contributed by atoms with Crippen molar-refractivity contribution in [3.05, 3.63) is 80.2 Å². The Morgan fingerprint density at radius 2 is 1.78 bits per heavy atom. The molecule has 0 aromatic heterocycles. The van der Waals surface area contributed by atoms with E-state index < -0.39 is 22.7 Å². The highest BCUT2D eigenvalue weighted by Crippen LogP contribution is 2.57. The van der Waals surface area contributed by atoms with Crippen molar-refractivity contribution >= 4 is 52.2 Å². The van der Waals surface area contributed by atoms with E-state index >= 15 is 0 Å². The highest BCUT2D eigenvalue weighted by molar-refractivity contribution is 6.35. The number of esters is 1. The standard InChI is InChI=1S/C28H27Cl2N3O4/c1-5-37-25(35)23-24(31)33(17-10-15(29)9-16(30)11-17)20-12-27(3,4)13-21(34)22(20)28(23)18-8-14(2)6-7-19(18)32-26(28)36/h6-11H,5,12-13,31H2,1-4H3,(H,32,36). The maximum Gasteiger partial charge on any atom is 0.339 e. The first kappa shape index (κ1) is 25.4. The molecule has 0 bridgehead atoms. The molecule has 0 saturated heterocycles. The number of Topliss-reactive ketones (excluding diaryl/α,β-unsaturated/α-hetero) is 1. The number of aryl methyl sites for hydroxylation is 1. The van der Waals surface area contributed by atoms with Crippen LogP contribution in [0.2, 0.25) is 10.0 Å². The van der Waals surface area contributed by atoms with Gasteiger partial charge >= 0.3 is 5.97 Å². The van der Waals surface area contributed by atoms with Gasteiger partial charge in [-0.2, -0.15) is 0 Å². The second-order valence-corrected chi connectivity index (χ2v) is 11.3. The SMILES string of the molecule is CCOC(=O)C1=C(N)N(c2cc(Cl)cc(Cl)c2)C2=C(C(=O)CC(C)(C)C2)C12C(=O)Nc1ccc(C)cc12. The molecule has 0 radical (unpaired) electrons. The van der Waals surface area contributed by atoms with Gasteiger partial charge in [0.25, 0.3) is 0 Å². The predicted molar refractivity (Wildman–Crippen MR) is 143 cm³/mol. The quantitative estimate of drug-likeness (QED) is 0.507. The van der Waals surface area contributed by atoms with Crippen LogP contribution >= 0.6 is 23.2 Å². The van der Waals surface area contributed by atoms with Crippen molar-refractivity contribution in [1.82, 2.24) is 0 Å². The van der Waals surface area contributed by atoms with E-state index in [1.54, 1.807) is 36.1 Å². The van der Waals surface area contributed by atoms with Gasteiger partial charge in [0.15, 0.2) is 5.78 Å². The molecule has 3 aliphatic rings. The number of amides is 1. The van der Waals surface area contributed by atoms with E-state index in [1.807, 2.05) is 32.9 Å². The number of carbonyl (C=O) groups excluding carboxylic acids is 3. The molecular formula is C28H27Cl2N3O4. The summed E-state index contributed by atoms with van der Waals surface area (Å²) in [5.74, 6) is -1.52. The number of nitrogens with one attached hydrogen (secondary N) is 1. The normalized spacial score (nSPS) is 22.3. The number of ketones is 1. The molecule has 5 rings (SSSR count). The Hall–Kier alpha value is -3.29. The molecule has 2 aromatic rings. The van der Waals surface area contributed by atoms with Crippen LogP contribution in [0.1, 0.15) is 44.7 Å². The average molecular weight is 540 g/mol. The zero-order valence-corrected chi connectivity index (χ0v) is 22.5. The first-order valence-corrected chi connectivity index (χ1v) is 12.8. The molecule has 1 amide bonds. The van der Waals surface area contributed by atoms with Gasteiger partial charge in [-0.3, -0.25) is 14.5 Å². The summed E-state index contributed by atoms with van der Waals surface area (Å²) in [6.07, 6.45) is 0.618. The van der Waals surface area contributed by atoms with Crippen molar-refractivity contribution in [2.45, 2.75) is 46.0 Å². The lowest BCUT2D eigenvalue weighted by atomic mass is 9.60. The van der Waals surface area contributed by atoms with Gasteiger partial charge in [-0.05, 0) is 49.9 Å². The van der Waals surface area contributed by atoms with E-state index in [1.165, 1.54) is 0 Å². The number of rotatable bonds is 3. The third-order valence-corrected chi connectivity index (χ3v) is 7.56. The predicted octanol–water partition coefficient (Wildman–Crippen LogP) is 5.39. The molecule has 1 aliphatic carbocycles. The van der Waals surface area contributed by atoms with Gasteiger partial charge in [0, 0.05) is 39.0 Å². The lowest BCUT2D eigenvalue weighted by Gasteiger charge is -2.47. The van der Waals surface area contributed by atoms with Crippen molar-refractivity contribution in [1.29, 1.82) is 0 Å². The zero-order chi connectivity index (χ0) is 26.9. The van der Waals surface area contributed by atoms with Crippen molar-refractivity contribution in [2.24, 2.45) is 11.1 Å². The molecule has 37 heavy (non-hydrogen) atoms. The fraction of sp³-hybridized carbons (Fsp3) is 0.321. The molecule has 7 nitrogen and oxygen atoms in total. The Balaban J connectivity index is 1.94. The van der Waals surface area contributed by atoms with Crippen LogP contribution in [0.25, 0.3) is 0 Å². The Kier molecular flexibility index (Phi) is 5.92. The van der Waals surface area contributed by atoms with Crippen molar-refractivity contribution in [3.8, 4) is 0 Å². The first-order valence-electron chi connectivity index (χ1n) is 12.0. The third-order valence-electron chi connectivity index (χ3n) is 7.12. The van der Waals surface area contributed by atoms with Gasteiger partial charge in [0.05, 0.1) is 12.3 Å². The summed E-state index contributed by atoms with van der Waals surface area (Å²) in [6, 6.07) is 10.4. The van der Waals surface area contributed by atoms with E-state index in [0.29, 0.717) is 39.1 Å². The molecule has 2 aromatic carbocycles. The Morgan fingerprint density at radius 3 is 2.43 bits per heavy atom. The molecule has 1 atom stereocenters. The summed E-state index contributed by atoms with van der Waals surface area (Å²) in [4.78, 5) is 43.4. The number of fused-ring (bicyclic) bond motifs is 3. The van der Waals surface area contributed by atoms with Crippen LogP contribution in [-0.4, -0.2) is 24.3 Å². The number of hydrogen-bond donors (Lipinski definition) is 2. The average Bonchev–Trinajstić information content (AvgIpc) is 3.03. The van der Waals surface area contributed by atoms with Gasteiger partial charge < -0.3 is 15.8 Å². The second kappa shape index (κ2) is 8.64. The van der Waals surface area contributed by atoms with Gasteiger partial charge in [0.2, 0.25) is 5.91 Å². The van der Waals surface area contributed by atoms with Gasteiger partial charge in [-0.25, -0.2) is 4.79 Å². The third kappa shape index (κ3) is 3.75. The Bertz CT molecular complexity index is 1440. The minimum atomic E-state index is -1.75. The number of nitrogens with two attached hydrogens (primary N) is 1. The largest absolute Gasteiger partial charge is 0.462 e. The van der Waals surface area contributed by atoms with Crippen molar-refractivity contribution in [2.75, 3.05) is 16.8 Å². The van der Waals surface area contributed by atoms with E-state index in [0.717, 1.165) is 5.56 Å². The highest BCUT2D eigenvalue weighted by Gasteiger charge is 2.63. The summed E-state index contributed by atoms with van der Waals surface area (Å²) in [6.45, 7) is 7.59.